The van der Waals surface area contributed by atoms with Gasteiger partial charge in [0.1, 0.15) is 11.5 Å². The number of ether oxygens (including phenoxy) is 2. The minimum atomic E-state index is -3.78. The number of carbonyl (C=O) groups is 1. The smallest absolute Gasteiger partial charge is 0.241 e. The molecule has 8 heteroatoms. The molecule has 7 nitrogen and oxygen atoms in total. The first kappa shape index (κ1) is 19.2. The Morgan fingerprint density at radius 2 is 1.93 bits per heavy atom. The third-order valence-corrected chi connectivity index (χ3v) is 5.58. The second-order valence-electron chi connectivity index (χ2n) is 6.02. The van der Waals surface area contributed by atoms with E-state index in [0.717, 1.165) is 11.3 Å². The number of fused-ring (bicyclic) bond motifs is 1. The summed E-state index contributed by atoms with van der Waals surface area (Å²) in [5, 5.41) is 2.86. The van der Waals surface area contributed by atoms with Gasteiger partial charge in [-0.25, -0.2) is 13.1 Å². The first-order chi connectivity index (χ1) is 13.0. The van der Waals surface area contributed by atoms with E-state index in [0.29, 0.717) is 25.4 Å². The lowest BCUT2D eigenvalue weighted by molar-refractivity contribution is -0.120. The van der Waals surface area contributed by atoms with Crippen LogP contribution in [0.5, 0.6) is 11.5 Å². The number of para-hydroxylation sites is 1. The molecule has 3 rings (SSSR count). The molecule has 0 unspecified atom stereocenters. The zero-order valence-electron chi connectivity index (χ0n) is 15.0. The lowest BCUT2D eigenvalue weighted by atomic mass is 10.0. The lowest BCUT2D eigenvalue weighted by Gasteiger charge is -2.26. The predicted octanol–water partition coefficient (Wildman–Crippen LogP) is 2.00. The van der Waals surface area contributed by atoms with Crippen molar-refractivity contribution in [2.24, 2.45) is 0 Å². The predicted molar refractivity (Wildman–Crippen MR) is 100 cm³/mol. The van der Waals surface area contributed by atoms with Crippen molar-refractivity contribution in [1.82, 2.24) is 10.0 Å². The molecule has 2 N–H and O–H groups in total. The Morgan fingerprint density at radius 1 is 1.19 bits per heavy atom. The van der Waals surface area contributed by atoms with Crippen LogP contribution in [0.3, 0.4) is 0 Å². The Bertz CT molecular complexity index is 897. The summed E-state index contributed by atoms with van der Waals surface area (Å²) in [6, 6.07) is 13.3. The van der Waals surface area contributed by atoms with Gasteiger partial charge in [-0.3, -0.25) is 4.79 Å². The molecule has 0 saturated carbocycles. The van der Waals surface area contributed by atoms with Crippen LogP contribution in [-0.4, -0.2) is 34.1 Å². The van der Waals surface area contributed by atoms with Gasteiger partial charge in [-0.05, 0) is 37.3 Å². The molecule has 144 valence electrons. The van der Waals surface area contributed by atoms with Crippen LogP contribution in [0.1, 0.15) is 24.9 Å². The van der Waals surface area contributed by atoms with E-state index in [2.05, 4.69) is 10.0 Å². The normalized spacial score (nSPS) is 16.1. The van der Waals surface area contributed by atoms with E-state index in [-0.39, 0.29) is 17.5 Å². The summed E-state index contributed by atoms with van der Waals surface area (Å²) in [6.45, 7) is 2.51. The largest absolute Gasteiger partial charge is 0.494 e. The van der Waals surface area contributed by atoms with Crippen molar-refractivity contribution < 1.29 is 22.7 Å². The molecule has 1 aliphatic heterocycles. The average Bonchev–Trinajstić information content (AvgIpc) is 2.68. The minimum absolute atomic E-state index is 0.0789. The molecule has 0 aliphatic carbocycles. The Balaban J connectivity index is 1.59. The molecule has 1 atom stereocenters. The third-order valence-electron chi connectivity index (χ3n) is 4.16. The van der Waals surface area contributed by atoms with E-state index in [1.165, 1.54) is 12.1 Å². The van der Waals surface area contributed by atoms with Crippen LogP contribution in [-0.2, 0) is 14.8 Å². The van der Waals surface area contributed by atoms with E-state index in [4.69, 9.17) is 9.47 Å². The van der Waals surface area contributed by atoms with Crippen molar-refractivity contribution in [2.45, 2.75) is 24.3 Å². The number of rotatable bonds is 7. The highest BCUT2D eigenvalue weighted by molar-refractivity contribution is 7.89. The Labute approximate surface area is 158 Å². The van der Waals surface area contributed by atoms with Crippen molar-refractivity contribution in [3.8, 4) is 11.5 Å². The molecule has 0 aromatic heterocycles. The van der Waals surface area contributed by atoms with Crippen LogP contribution in [0.15, 0.2) is 53.4 Å². The van der Waals surface area contributed by atoms with E-state index in [1.54, 1.807) is 12.1 Å². The molecule has 2 aromatic carbocycles. The maximum Gasteiger partial charge on any atom is 0.241 e. The second-order valence-corrected chi connectivity index (χ2v) is 7.79. The van der Waals surface area contributed by atoms with Crippen molar-refractivity contribution in [1.29, 1.82) is 0 Å². The van der Waals surface area contributed by atoms with Crippen LogP contribution in [0.4, 0.5) is 0 Å². The summed E-state index contributed by atoms with van der Waals surface area (Å²) in [5.41, 5.74) is 0.895. The van der Waals surface area contributed by atoms with Gasteiger partial charge in [0, 0.05) is 12.0 Å². The van der Waals surface area contributed by atoms with Crippen molar-refractivity contribution in [3.63, 3.8) is 0 Å². The maximum atomic E-state index is 12.3. The van der Waals surface area contributed by atoms with Crippen LogP contribution < -0.4 is 19.5 Å². The summed E-state index contributed by atoms with van der Waals surface area (Å²) in [4.78, 5) is 12.3. The molecule has 0 fully saturated rings. The van der Waals surface area contributed by atoms with E-state index in [1.807, 2.05) is 31.2 Å². The molecule has 2 aromatic rings. The quantitative estimate of drug-likeness (QED) is 0.754. The highest BCUT2D eigenvalue weighted by Crippen LogP contribution is 2.31. The number of sulfonamides is 1. The molecule has 1 amide bonds. The molecular weight excluding hydrogens is 368 g/mol. The van der Waals surface area contributed by atoms with Crippen molar-refractivity contribution in [3.05, 3.63) is 54.1 Å². The van der Waals surface area contributed by atoms with Gasteiger partial charge < -0.3 is 14.8 Å². The average molecular weight is 390 g/mol. The molecule has 1 heterocycles. The number of nitrogens with one attached hydrogen (secondary N) is 2. The van der Waals surface area contributed by atoms with Gasteiger partial charge in [-0.15, -0.1) is 0 Å². The molecule has 1 aliphatic rings. The van der Waals surface area contributed by atoms with E-state index in [9.17, 15) is 13.2 Å². The van der Waals surface area contributed by atoms with Crippen molar-refractivity contribution in [2.75, 3.05) is 19.8 Å². The fourth-order valence-electron chi connectivity index (χ4n) is 2.86. The number of amides is 1. The maximum absolute atomic E-state index is 12.3. The summed E-state index contributed by atoms with van der Waals surface area (Å²) < 4.78 is 37.9. The standard InChI is InChI=1S/C19H22N2O5S/c1-2-25-14-7-9-15(10-8-14)27(23,24)20-13-19(22)21-17-11-12-26-18-6-4-3-5-16(17)18/h3-10,17,20H,2,11-13H2,1H3,(H,21,22)/t17-/m0/s1. The van der Waals surface area contributed by atoms with Crippen LogP contribution >= 0.6 is 0 Å². The summed E-state index contributed by atoms with van der Waals surface area (Å²) in [6.07, 6.45) is 0.633. The lowest BCUT2D eigenvalue weighted by Crippen LogP contribution is -2.39. The number of benzene rings is 2. The summed E-state index contributed by atoms with van der Waals surface area (Å²) in [5.74, 6) is 0.933. The highest BCUT2D eigenvalue weighted by atomic mass is 32.2. The Hall–Kier alpha value is -2.58. The molecule has 0 bridgehead atoms. The van der Waals surface area contributed by atoms with Gasteiger partial charge in [-0.1, -0.05) is 18.2 Å². The zero-order valence-corrected chi connectivity index (χ0v) is 15.8. The monoisotopic (exact) mass is 390 g/mol. The van der Waals surface area contributed by atoms with Gasteiger partial charge in [0.2, 0.25) is 15.9 Å². The van der Waals surface area contributed by atoms with Gasteiger partial charge in [-0.2, -0.15) is 0 Å². The van der Waals surface area contributed by atoms with E-state index >= 15 is 0 Å². The molecule has 0 saturated heterocycles. The van der Waals surface area contributed by atoms with Gasteiger partial charge in [0.05, 0.1) is 30.7 Å². The van der Waals surface area contributed by atoms with E-state index < -0.39 is 15.9 Å². The Morgan fingerprint density at radius 3 is 2.67 bits per heavy atom. The Kier molecular flexibility index (Phi) is 5.98. The molecule has 27 heavy (non-hydrogen) atoms. The summed E-state index contributed by atoms with van der Waals surface area (Å²) in [7, 11) is -3.78. The molecule has 0 radical (unpaired) electrons. The number of hydrogen-bond acceptors (Lipinski definition) is 5. The zero-order chi connectivity index (χ0) is 19.3. The molecular formula is C19H22N2O5S. The second kappa shape index (κ2) is 8.41. The summed E-state index contributed by atoms with van der Waals surface area (Å²) >= 11 is 0. The van der Waals surface area contributed by atoms with Gasteiger partial charge >= 0.3 is 0 Å². The first-order valence-electron chi connectivity index (χ1n) is 8.73. The van der Waals surface area contributed by atoms with Crippen LogP contribution in [0, 0.1) is 0 Å². The fourth-order valence-corrected chi connectivity index (χ4v) is 3.85. The molecule has 0 spiro atoms. The first-order valence-corrected chi connectivity index (χ1v) is 10.2. The minimum Gasteiger partial charge on any atom is -0.494 e. The SMILES string of the molecule is CCOc1ccc(S(=O)(=O)NCC(=O)N[C@H]2CCOc3ccccc32)cc1. The van der Waals surface area contributed by atoms with Crippen LogP contribution in [0.2, 0.25) is 0 Å². The fraction of sp³-hybridized carbons (Fsp3) is 0.316. The number of carbonyl (C=O) groups excluding carboxylic acids is 1. The third kappa shape index (κ3) is 4.78. The topological polar surface area (TPSA) is 93.7 Å². The van der Waals surface area contributed by atoms with Crippen molar-refractivity contribution >= 4 is 15.9 Å². The van der Waals surface area contributed by atoms with Gasteiger partial charge in [0.15, 0.2) is 0 Å². The van der Waals surface area contributed by atoms with Crippen LogP contribution in [0.25, 0.3) is 0 Å². The van der Waals surface area contributed by atoms with Gasteiger partial charge in [0.25, 0.3) is 0 Å². The number of hydrogen-bond donors (Lipinski definition) is 2. The highest BCUT2D eigenvalue weighted by Gasteiger charge is 2.23.